The second-order valence-electron chi connectivity index (χ2n) is 7.97. The number of aliphatic hydroxyl groups is 1. The number of phenols is 2. The number of fused-ring (bicyclic) bond motifs is 3. The summed E-state index contributed by atoms with van der Waals surface area (Å²) in [6.45, 7) is 5.49. The number of rotatable bonds is 2. The van der Waals surface area contributed by atoms with E-state index in [1.165, 1.54) is 7.11 Å². The molecule has 0 radical (unpaired) electrons. The Morgan fingerprint density at radius 2 is 1.93 bits per heavy atom. The molecule has 3 aliphatic rings. The summed E-state index contributed by atoms with van der Waals surface area (Å²) in [4.78, 5) is 25.2. The van der Waals surface area contributed by atoms with Crippen LogP contribution in [0.15, 0.2) is 23.5 Å². The number of phenolic OH excluding ortho intramolecular Hbond substituents is 2. The summed E-state index contributed by atoms with van der Waals surface area (Å²) in [5.74, 6) is -2.66. The molecule has 1 aromatic carbocycles. The zero-order valence-electron chi connectivity index (χ0n) is 16.5. The van der Waals surface area contributed by atoms with Crippen LogP contribution in [0.3, 0.4) is 0 Å². The van der Waals surface area contributed by atoms with Gasteiger partial charge < -0.3 is 29.5 Å². The number of Topliss-reactive ketones (excluding diaryl/α,β-unsaturated/α-hetero) is 1. The number of ether oxygens (including phenoxy) is 3. The fraction of sp³-hybridized carbons (Fsp3) is 0.429. The predicted molar refractivity (Wildman–Crippen MR) is 99.8 cm³/mol. The van der Waals surface area contributed by atoms with Gasteiger partial charge in [0, 0.05) is 23.6 Å². The van der Waals surface area contributed by atoms with Gasteiger partial charge in [0.25, 0.3) is 0 Å². The van der Waals surface area contributed by atoms with Gasteiger partial charge in [-0.15, -0.1) is 0 Å². The summed E-state index contributed by atoms with van der Waals surface area (Å²) >= 11 is 0. The minimum Gasteiger partial charge on any atom is -0.507 e. The molecule has 4 rings (SSSR count). The first-order chi connectivity index (χ1) is 13.6. The van der Waals surface area contributed by atoms with E-state index < -0.39 is 47.2 Å². The normalized spacial score (nSPS) is 30.2. The van der Waals surface area contributed by atoms with E-state index in [-0.39, 0.29) is 34.4 Å². The SMILES string of the molecule is COC1=CC(=O)c2c(O)c3c(c(O)c2C1=O)C[C@]1(C)OC(C=C(C)C)O[C@@H]1[C@H]3O. The van der Waals surface area contributed by atoms with Gasteiger partial charge in [0.2, 0.25) is 5.78 Å². The minimum absolute atomic E-state index is 0.0272. The van der Waals surface area contributed by atoms with Crippen molar-refractivity contribution in [2.24, 2.45) is 0 Å². The lowest BCUT2D eigenvalue weighted by molar-refractivity contribution is -0.0540. The van der Waals surface area contributed by atoms with Crippen molar-refractivity contribution < 1.29 is 39.1 Å². The molecular weight excluding hydrogens is 380 g/mol. The number of aliphatic hydroxyl groups excluding tert-OH is 1. The van der Waals surface area contributed by atoms with Crippen LogP contribution in [-0.4, -0.2) is 52.0 Å². The second-order valence-corrected chi connectivity index (χ2v) is 7.97. The van der Waals surface area contributed by atoms with Crippen molar-refractivity contribution in [1.82, 2.24) is 0 Å². The lowest BCUT2D eigenvalue weighted by Crippen LogP contribution is -2.46. The van der Waals surface area contributed by atoms with Crippen LogP contribution in [0.25, 0.3) is 0 Å². The molecule has 1 aliphatic heterocycles. The Bertz CT molecular complexity index is 1000. The number of methoxy groups -OCH3 is 1. The zero-order chi connectivity index (χ0) is 21.2. The molecule has 3 N–H and O–H groups in total. The van der Waals surface area contributed by atoms with Crippen molar-refractivity contribution in [3.63, 3.8) is 0 Å². The molecule has 1 heterocycles. The van der Waals surface area contributed by atoms with Crippen LogP contribution in [0.2, 0.25) is 0 Å². The Morgan fingerprint density at radius 1 is 1.24 bits per heavy atom. The van der Waals surface area contributed by atoms with Gasteiger partial charge in [-0.05, 0) is 26.8 Å². The van der Waals surface area contributed by atoms with Crippen molar-refractivity contribution >= 4 is 11.6 Å². The third kappa shape index (κ3) is 2.71. The molecule has 2 aliphatic carbocycles. The van der Waals surface area contributed by atoms with E-state index in [1.807, 2.05) is 13.8 Å². The van der Waals surface area contributed by atoms with Crippen LogP contribution in [0.1, 0.15) is 58.7 Å². The van der Waals surface area contributed by atoms with Gasteiger partial charge in [0.1, 0.15) is 29.3 Å². The Balaban J connectivity index is 1.89. The third-order valence-electron chi connectivity index (χ3n) is 5.62. The van der Waals surface area contributed by atoms with E-state index >= 15 is 0 Å². The number of carbonyl (C=O) groups excluding carboxylic acids is 2. The largest absolute Gasteiger partial charge is 0.507 e. The number of hydrogen-bond acceptors (Lipinski definition) is 8. The number of hydrogen-bond donors (Lipinski definition) is 3. The van der Waals surface area contributed by atoms with Gasteiger partial charge in [-0.3, -0.25) is 9.59 Å². The van der Waals surface area contributed by atoms with Crippen molar-refractivity contribution in [3.8, 4) is 11.5 Å². The first kappa shape index (κ1) is 19.6. The average molecular weight is 402 g/mol. The fourth-order valence-electron chi connectivity index (χ4n) is 4.33. The van der Waals surface area contributed by atoms with Crippen LogP contribution in [0, 0.1) is 0 Å². The topological polar surface area (TPSA) is 123 Å². The van der Waals surface area contributed by atoms with E-state index in [0.29, 0.717) is 0 Å². The molecule has 0 amide bonds. The van der Waals surface area contributed by atoms with E-state index in [2.05, 4.69) is 0 Å². The maximum absolute atomic E-state index is 12.7. The lowest BCUT2D eigenvalue weighted by Gasteiger charge is -2.39. The summed E-state index contributed by atoms with van der Waals surface area (Å²) < 4.78 is 16.8. The summed E-state index contributed by atoms with van der Waals surface area (Å²) in [7, 11) is 1.24. The Kier molecular flexibility index (Phi) is 4.34. The molecule has 154 valence electrons. The maximum Gasteiger partial charge on any atom is 0.232 e. The molecule has 8 heteroatoms. The van der Waals surface area contributed by atoms with E-state index in [1.54, 1.807) is 13.0 Å². The summed E-state index contributed by atoms with van der Waals surface area (Å²) in [5.41, 5.74) is -0.620. The van der Waals surface area contributed by atoms with Crippen LogP contribution in [0.4, 0.5) is 0 Å². The van der Waals surface area contributed by atoms with Gasteiger partial charge in [-0.1, -0.05) is 5.57 Å². The summed E-state index contributed by atoms with van der Waals surface area (Å²) in [6, 6.07) is 0. The average Bonchev–Trinajstić information content (AvgIpc) is 2.96. The molecule has 1 unspecified atom stereocenters. The third-order valence-corrected chi connectivity index (χ3v) is 5.62. The molecule has 4 atom stereocenters. The Morgan fingerprint density at radius 3 is 2.55 bits per heavy atom. The molecular formula is C21H22O8. The van der Waals surface area contributed by atoms with Gasteiger partial charge in [-0.25, -0.2) is 0 Å². The minimum atomic E-state index is -1.37. The fourth-order valence-corrected chi connectivity index (χ4v) is 4.33. The van der Waals surface area contributed by atoms with Gasteiger partial charge in [0.05, 0.1) is 18.2 Å². The monoisotopic (exact) mass is 402 g/mol. The Hall–Kier alpha value is -2.68. The number of allylic oxidation sites excluding steroid dienone is 3. The van der Waals surface area contributed by atoms with Crippen LogP contribution in [-0.2, 0) is 20.6 Å². The zero-order valence-corrected chi connectivity index (χ0v) is 16.5. The smallest absolute Gasteiger partial charge is 0.232 e. The highest BCUT2D eigenvalue weighted by Gasteiger charge is 2.55. The molecule has 1 aromatic rings. The first-order valence-corrected chi connectivity index (χ1v) is 9.20. The molecule has 8 nitrogen and oxygen atoms in total. The molecule has 0 aromatic heterocycles. The number of benzene rings is 1. The maximum atomic E-state index is 12.7. The molecule has 0 bridgehead atoms. The first-order valence-electron chi connectivity index (χ1n) is 9.20. The van der Waals surface area contributed by atoms with Crippen molar-refractivity contribution in [2.75, 3.05) is 7.11 Å². The molecule has 0 spiro atoms. The second kappa shape index (κ2) is 6.41. The van der Waals surface area contributed by atoms with E-state index in [9.17, 15) is 24.9 Å². The van der Waals surface area contributed by atoms with Gasteiger partial charge in [-0.2, -0.15) is 0 Å². The summed E-state index contributed by atoms with van der Waals surface area (Å²) in [5, 5.41) is 32.7. The predicted octanol–water partition coefficient (Wildman–Crippen LogP) is 2.06. The molecule has 1 fully saturated rings. The van der Waals surface area contributed by atoms with Crippen molar-refractivity contribution in [3.05, 3.63) is 45.7 Å². The van der Waals surface area contributed by atoms with E-state index in [4.69, 9.17) is 14.2 Å². The van der Waals surface area contributed by atoms with Gasteiger partial charge >= 0.3 is 0 Å². The van der Waals surface area contributed by atoms with Crippen LogP contribution in [0.5, 0.6) is 11.5 Å². The number of ketones is 2. The molecule has 0 saturated carbocycles. The highest BCUT2D eigenvalue weighted by Crippen LogP contribution is 2.53. The quantitative estimate of drug-likeness (QED) is 0.508. The van der Waals surface area contributed by atoms with Crippen LogP contribution < -0.4 is 0 Å². The number of aromatic hydroxyl groups is 2. The highest BCUT2D eigenvalue weighted by atomic mass is 16.7. The number of carbonyl (C=O) groups is 2. The summed E-state index contributed by atoms with van der Waals surface area (Å²) in [6.07, 6.45) is -0.131. The van der Waals surface area contributed by atoms with E-state index in [0.717, 1.165) is 11.6 Å². The van der Waals surface area contributed by atoms with Crippen molar-refractivity contribution in [1.29, 1.82) is 0 Å². The molecule has 1 saturated heterocycles. The Labute approximate surface area is 167 Å². The van der Waals surface area contributed by atoms with Crippen molar-refractivity contribution in [2.45, 2.75) is 51.3 Å². The molecule has 29 heavy (non-hydrogen) atoms. The highest BCUT2D eigenvalue weighted by molar-refractivity contribution is 6.26. The van der Waals surface area contributed by atoms with Gasteiger partial charge in [0.15, 0.2) is 17.8 Å². The lowest BCUT2D eigenvalue weighted by atomic mass is 9.74. The standard InChI is InChI=1S/C21H22O8/c1-8(2)5-12-28-20-19(26)13-9(7-21(20,3)29-12)16(23)15-14(18(13)25)10(22)6-11(27-4)17(15)24/h5-6,12,19-20,23,25-26H,7H2,1-4H3/t12?,19-,20+,21-/m0/s1. The van der Waals surface area contributed by atoms with Crippen LogP contribution >= 0.6 is 0 Å².